The van der Waals surface area contributed by atoms with Crippen LogP contribution in [0.1, 0.15) is 18.5 Å². The van der Waals surface area contributed by atoms with E-state index in [1.807, 2.05) is 0 Å². The second-order valence-electron chi connectivity index (χ2n) is 3.34. The van der Waals surface area contributed by atoms with Crippen molar-refractivity contribution in [1.29, 1.82) is 0 Å². The van der Waals surface area contributed by atoms with Crippen molar-refractivity contribution in [3.63, 3.8) is 0 Å². The molecule has 0 radical (unpaired) electrons. The lowest BCUT2D eigenvalue weighted by atomic mass is 10.4. The molecular weight excluding hydrogens is 298 g/mol. The molecule has 2 nitrogen and oxygen atoms in total. The summed E-state index contributed by atoms with van der Waals surface area (Å²) in [5.74, 6) is 0. The van der Waals surface area contributed by atoms with Crippen LogP contribution in [0.15, 0.2) is 0 Å². The largest absolute Gasteiger partial charge is 0.361 e. The van der Waals surface area contributed by atoms with E-state index in [1.165, 1.54) is 24.4 Å². The molecule has 0 amide bonds. The minimum Gasteiger partial charge on any atom is -0.361 e. The lowest BCUT2D eigenvalue weighted by molar-refractivity contribution is 0.949. The minimum atomic E-state index is -1.54. The van der Waals surface area contributed by atoms with Crippen molar-refractivity contribution in [3.05, 3.63) is 10.7 Å². The molecule has 84 valence electrons. The van der Waals surface area contributed by atoms with E-state index < -0.39 is 3.79 Å². The van der Waals surface area contributed by atoms with Crippen LogP contribution in [0, 0.1) is 0 Å². The van der Waals surface area contributed by atoms with Gasteiger partial charge < -0.3 is 4.90 Å². The molecule has 0 spiro atoms. The maximum absolute atomic E-state index is 6.14. The Kier molecular flexibility index (Phi) is 3.58. The summed E-state index contributed by atoms with van der Waals surface area (Å²) < 4.78 is 2.57. The molecule has 1 aromatic heterocycles. The zero-order valence-electron chi connectivity index (χ0n) is 7.64. The molecule has 0 aliphatic carbocycles. The van der Waals surface area contributed by atoms with Gasteiger partial charge in [-0.3, -0.25) is 0 Å². The van der Waals surface area contributed by atoms with Crippen molar-refractivity contribution in [2.45, 2.75) is 16.6 Å². The van der Waals surface area contributed by atoms with Crippen LogP contribution < -0.4 is 4.90 Å². The van der Waals surface area contributed by atoms with Crippen molar-refractivity contribution >= 4 is 62.9 Å². The molecule has 7 heteroatoms. The summed E-state index contributed by atoms with van der Waals surface area (Å²) in [6.07, 6.45) is 2.36. The zero-order valence-corrected chi connectivity index (χ0v) is 11.5. The van der Waals surface area contributed by atoms with Gasteiger partial charge in [0.25, 0.3) is 0 Å². The molecule has 2 heterocycles. The summed E-state index contributed by atoms with van der Waals surface area (Å²) in [5, 5.41) is 1.39. The Morgan fingerprint density at radius 1 is 1.20 bits per heavy atom. The van der Waals surface area contributed by atoms with Crippen LogP contribution in [0.4, 0.5) is 5.00 Å². The number of hydrogen-bond donors (Lipinski definition) is 0. The van der Waals surface area contributed by atoms with Crippen molar-refractivity contribution in [2.75, 3.05) is 18.0 Å². The standard InChI is InChI=1S/C8H8Cl4N2S/c9-5-6(8(10,11)12)13-15-7(5)14-3-1-2-4-14/h1-4H2. The molecule has 0 aromatic carbocycles. The Morgan fingerprint density at radius 2 is 1.80 bits per heavy atom. The molecule has 0 saturated carbocycles. The Balaban J connectivity index is 2.31. The second-order valence-corrected chi connectivity index (χ2v) is 6.75. The van der Waals surface area contributed by atoms with Crippen molar-refractivity contribution in [1.82, 2.24) is 4.37 Å². The molecule has 1 aliphatic rings. The van der Waals surface area contributed by atoms with Gasteiger partial charge in [0.2, 0.25) is 3.79 Å². The Morgan fingerprint density at radius 3 is 2.27 bits per heavy atom. The van der Waals surface area contributed by atoms with Gasteiger partial charge in [0, 0.05) is 13.1 Å². The number of rotatable bonds is 1. The number of anilines is 1. The first-order valence-corrected chi connectivity index (χ1v) is 6.76. The maximum atomic E-state index is 6.14. The molecular formula is C8H8Cl4N2S. The monoisotopic (exact) mass is 304 g/mol. The Bertz CT molecular complexity index is 354. The summed E-state index contributed by atoms with van der Waals surface area (Å²) >= 11 is 24.7. The van der Waals surface area contributed by atoms with Gasteiger partial charge in [-0.2, -0.15) is 4.37 Å². The average Bonchev–Trinajstić information content (AvgIpc) is 2.69. The molecule has 15 heavy (non-hydrogen) atoms. The first kappa shape index (κ1) is 12.1. The topological polar surface area (TPSA) is 16.1 Å². The first-order valence-electron chi connectivity index (χ1n) is 4.47. The number of nitrogens with zero attached hydrogens (tertiary/aromatic N) is 2. The van der Waals surface area contributed by atoms with E-state index in [2.05, 4.69) is 9.27 Å². The van der Waals surface area contributed by atoms with Gasteiger partial charge >= 0.3 is 0 Å². The van der Waals surface area contributed by atoms with Gasteiger partial charge in [0.05, 0.1) is 0 Å². The van der Waals surface area contributed by atoms with Crippen LogP contribution in [-0.2, 0) is 3.79 Å². The number of hydrogen-bond acceptors (Lipinski definition) is 3. The molecule has 1 fully saturated rings. The number of halogens is 4. The van der Waals surface area contributed by atoms with Crippen molar-refractivity contribution < 1.29 is 0 Å². The highest BCUT2D eigenvalue weighted by molar-refractivity contribution is 7.11. The Hall–Kier alpha value is 0.590. The normalized spacial score (nSPS) is 17.5. The van der Waals surface area contributed by atoms with Crippen LogP contribution >= 0.6 is 57.9 Å². The van der Waals surface area contributed by atoms with E-state index in [1.54, 1.807) is 0 Å². The van der Waals surface area contributed by atoms with E-state index in [0.29, 0.717) is 10.7 Å². The first-order chi connectivity index (χ1) is 7.00. The average molecular weight is 306 g/mol. The highest BCUT2D eigenvalue weighted by Crippen LogP contribution is 2.46. The lowest BCUT2D eigenvalue weighted by Crippen LogP contribution is -2.16. The van der Waals surface area contributed by atoms with Gasteiger partial charge in [-0.15, -0.1) is 0 Å². The molecule has 0 bridgehead atoms. The third-order valence-corrected chi connectivity index (χ3v) is 4.20. The third-order valence-electron chi connectivity index (χ3n) is 2.28. The van der Waals surface area contributed by atoms with Gasteiger partial charge in [-0.05, 0) is 24.4 Å². The van der Waals surface area contributed by atoms with Crippen LogP contribution in [0.2, 0.25) is 5.02 Å². The third kappa shape index (κ3) is 2.47. The van der Waals surface area contributed by atoms with Gasteiger partial charge in [0.1, 0.15) is 15.7 Å². The summed E-state index contributed by atoms with van der Waals surface area (Å²) in [4.78, 5) is 2.18. The van der Waals surface area contributed by atoms with E-state index in [4.69, 9.17) is 46.4 Å². The summed E-state index contributed by atoms with van der Waals surface area (Å²) in [7, 11) is 0. The fourth-order valence-electron chi connectivity index (χ4n) is 1.56. The van der Waals surface area contributed by atoms with E-state index in [0.717, 1.165) is 18.1 Å². The molecule has 1 saturated heterocycles. The smallest absolute Gasteiger partial charge is 0.235 e. The van der Waals surface area contributed by atoms with E-state index in [-0.39, 0.29) is 0 Å². The van der Waals surface area contributed by atoms with Gasteiger partial charge in [-0.1, -0.05) is 46.4 Å². The van der Waals surface area contributed by atoms with Gasteiger partial charge in [-0.25, -0.2) is 0 Å². The lowest BCUT2D eigenvalue weighted by Gasteiger charge is -2.15. The summed E-state index contributed by atoms with van der Waals surface area (Å²) in [6.45, 7) is 2.00. The quantitative estimate of drug-likeness (QED) is 0.722. The molecule has 0 N–H and O–H groups in total. The molecule has 0 unspecified atom stereocenters. The fourth-order valence-corrected chi connectivity index (χ4v) is 3.61. The van der Waals surface area contributed by atoms with Crippen molar-refractivity contribution in [3.8, 4) is 0 Å². The highest BCUT2D eigenvalue weighted by atomic mass is 35.6. The predicted octanol–water partition coefficient (Wildman–Crippen LogP) is 4.22. The summed E-state index contributed by atoms with van der Waals surface area (Å²) in [5.41, 5.74) is 0.334. The van der Waals surface area contributed by atoms with Crippen LogP contribution in [0.3, 0.4) is 0 Å². The van der Waals surface area contributed by atoms with Gasteiger partial charge in [0.15, 0.2) is 0 Å². The van der Waals surface area contributed by atoms with Crippen LogP contribution in [0.25, 0.3) is 0 Å². The predicted molar refractivity (Wildman–Crippen MR) is 67.8 cm³/mol. The van der Waals surface area contributed by atoms with Crippen LogP contribution in [0.5, 0.6) is 0 Å². The van der Waals surface area contributed by atoms with E-state index >= 15 is 0 Å². The zero-order chi connectivity index (χ0) is 11.1. The second kappa shape index (κ2) is 4.46. The molecule has 1 aromatic rings. The molecule has 2 rings (SSSR count). The van der Waals surface area contributed by atoms with E-state index in [9.17, 15) is 0 Å². The molecule has 1 aliphatic heterocycles. The summed E-state index contributed by atoms with van der Waals surface area (Å²) in [6, 6.07) is 0. The highest BCUT2D eigenvalue weighted by Gasteiger charge is 2.32. The van der Waals surface area contributed by atoms with Crippen LogP contribution in [-0.4, -0.2) is 17.5 Å². The number of alkyl halides is 3. The Labute approximate surface area is 112 Å². The SMILES string of the molecule is Clc1c(C(Cl)(Cl)Cl)nsc1N1CCCC1. The number of aromatic nitrogens is 1. The maximum Gasteiger partial charge on any atom is 0.235 e. The molecule has 0 atom stereocenters. The fraction of sp³-hybridized carbons (Fsp3) is 0.625. The minimum absolute atomic E-state index is 0.334. The van der Waals surface area contributed by atoms with Crippen molar-refractivity contribution in [2.24, 2.45) is 0 Å².